The highest BCUT2D eigenvalue weighted by atomic mass is 16.3. The van der Waals surface area contributed by atoms with Gasteiger partial charge in [0.1, 0.15) is 0 Å². The fourth-order valence-corrected chi connectivity index (χ4v) is 3.54. The van der Waals surface area contributed by atoms with Crippen molar-refractivity contribution in [3.63, 3.8) is 0 Å². The van der Waals surface area contributed by atoms with Crippen LogP contribution in [-0.2, 0) is 9.59 Å². The Morgan fingerprint density at radius 3 is 2.12 bits per heavy atom. The van der Waals surface area contributed by atoms with Crippen LogP contribution < -0.4 is 5.32 Å². The number of nitrogens with zero attached hydrogens (tertiary/aromatic N) is 2. The quantitative estimate of drug-likeness (QED) is 0.832. The van der Waals surface area contributed by atoms with Gasteiger partial charge in [0.05, 0.1) is 6.26 Å². The van der Waals surface area contributed by atoms with E-state index in [2.05, 4.69) is 26.1 Å². The summed E-state index contributed by atoms with van der Waals surface area (Å²) < 4.78 is 5.12. The molecule has 0 aliphatic carbocycles. The summed E-state index contributed by atoms with van der Waals surface area (Å²) >= 11 is 0. The van der Waals surface area contributed by atoms with Crippen LogP contribution in [0.3, 0.4) is 0 Å². The molecule has 26 heavy (non-hydrogen) atoms. The van der Waals surface area contributed by atoms with Crippen molar-refractivity contribution in [1.82, 2.24) is 15.1 Å². The summed E-state index contributed by atoms with van der Waals surface area (Å²) in [7, 11) is 0. The van der Waals surface area contributed by atoms with Gasteiger partial charge in [0, 0.05) is 31.7 Å². The predicted molar refractivity (Wildman–Crippen MR) is 97.5 cm³/mol. The van der Waals surface area contributed by atoms with E-state index in [1.54, 1.807) is 17.0 Å². The monoisotopic (exact) mass is 363 g/mol. The van der Waals surface area contributed by atoms with Crippen molar-refractivity contribution in [2.75, 3.05) is 26.2 Å². The summed E-state index contributed by atoms with van der Waals surface area (Å²) in [5.41, 5.74) is -0.431. The smallest absolute Gasteiger partial charge is 0.312 e. The van der Waals surface area contributed by atoms with Crippen LogP contribution in [0.5, 0.6) is 0 Å². The first kappa shape index (κ1) is 20.0. The molecule has 0 aromatic carbocycles. The second-order valence-corrected chi connectivity index (χ2v) is 8.64. The van der Waals surface area contributed by atoms with E-state index in [1.165, 1.54) is 11.2 Å². The molecule has 3 amide bonds. The number of rotatable bonds is 3. The normalized spacial score (nSPS) is 15.7. The molecule has 7 heteroatoms. The maximum Gasteiger partial charge on any atom is 0.312 e. The topological polar surface area (TPSA) is 82.9 Å². The van der Waals surface area contributed by atoms with Gasteiger partial charge < -0.3 is 19.5 Å². The lowest BCUT2D eigenvalue weighted by molar-refractivity contribution is -0.147. The molecule has 1 fully saturated rings. The Morgan fingerprint density at radius 1 is 1.04 bits per heavy atom. The van der Waals surface area contributed by atoms with Crippen LogP contribution in [0.25, 0.3) is 0 Å². The molecule has 2 rings (SSSR count). The number of furan rings is 1. The summed E-state index contributed by atoms with van der Waals surface area (Å²) in [6.07, 6.45) is 2.21. The molecule has 0 radical (unpaired) electrons. The van der Waals surface area contributed by atoms with Crippen molar-refractivity contribution in [1.29, 1.82) is 0 Å². The van der Waals surface area contributed by atoms with Crippen molar-refractivity contribution < 1.29 is 18.8 Å². The third-order valence-electron chi connectivity index (χ3n) is 4.20. The van der Waals surface area contributed by atoms with E-state index in [1.807, 2.05) is 13.8 Å². The Labute approximate surface area is 154 Å². The summed E-state index contributed by atoms with van der Waals surface area (Å²) in [6, 6.07) is 3.28. The van der Waals surface area contributed by atoms with E-state index in [0.717, 1.165) is 6.42 Å². The van der Waals surface area contributed by atoms with Crippen LogP contribution in [0.15, 0.2) is 22.8 Å². The third kappa shape index (κ3) is 5.34. The lowest BCUT2D eigenvalue weighted by Gasteiger charge is -2.36. The van der Waals surface area contributed by atoms with Crippen LogP contribution in [0, 0.1) is 5.41 Å². The third-order valence-corrected chi connectivity index (χ3v) is 4.20. The number of amides is 3. The van der Waals surface area contributed by atoms with E-state index >= 15 is 0 Å². The molecule has 1 saturated heterocycles. The summed E-state index contributed by atoms with van der Waals surface area (Å²) in [4.78, 5) is 40.2. The maximum atomic E-state index is 12.4. The minimum atomic E-state index is -0.593. The molecular formula is C19H29N3O4. The summed E-state index contributed by atoms with van der Waals surface area (Å²) in [6.45, 7) is 11.5. The average molecular weight is 363 g/mol. The zero-order chi connectivity index (χ0) is 19.5. The zero-order valence-corrected chi connectivity index (χ0v) is 16.3. The number of hydrogen-bond acceptors (Lipinski definition) is 4. The fraction of sp³-hybridized carbons (Fsp3) is 0.632. The molecule has 7 nitrogen and oxygen atoms in total. The Bertz CT molecular complexity index is 651. The van der Waals surface area contributed by atoms with Crippen LogP contribution in [0.1, 0.15) is 51.6 Å². The highest BCUT2D eigenvalue weighted by molar-refractivity contribution is 6.35. The van der Waals surface area contributed by atoms with Gasteiger partial charge in [-0.1, -0.05) is 20.8 Å². The number of piperazine rings is 1. The molecule has 1 aromatic heterocycles. The highest BCUT2D eigenvalue weighted by Crippen LogP contribution is 2.26. The molecule has 1 N–H and O–H groups in total. The minimum Gasteiger partial charge on any atom is -0.459 e. The second kappa shape index (κ2) is 7.51. The molecule has 0 bridgehead atoms. The SMILES string of the molecule is CC(C)(C)CC(C)(C)NC(=O)C(=O)N1CCN(C(=O)c2ccco2)CC1. The summed E-state index contributed by atoms with van der Waals surface area (Å²) in [5.74, 6) is -1.05. The first-order valence-electron chi connectivity index (χ1n) is 8.93. The molecule has 0 unspecified atom stereocenters. The van der Waals surface area contributed by atoms with Crippen LogP contribution in [-0.4, -0.2) is 59.2 Å². The second-order valence-electron chi connectivity index (χ2n) is 8.64. The van der Waals surface area contributed by atoms with E-state index in [4.69, 9.17) is 4.42 Å². The fourth-order valence-electron chi connectivity index (χ4n) is 3.54. The lowest BCUT2D eigenvalue weighted by atomic mass is 9.82. The molecular weight excluding hydrogens is 334 g/mol. The number of carbonyl (C=O) groups is 3. The number of nitrogens with one attached hydrogen (secondary N) is 1. The standard InChI is InChI=1S/C19H29N3O4/c1-18(2,3)13-19(4,5)20-15(23)17(25)22-10-8-21(9-11-22)16(24)14-7-6-12-26-14/h6-7,12H,8-11,13H2,1-5H3,(H,20,23). The Balaban J connectivity index is 1.87. The van der Waals surface area contributed by atoms with E-state index < -0.39 is 17.4 Å². The zero-order valence-electron chi connectivity index (χ0n) is 16.3. The van der Waals surface area contributed by atoms with Gasteiger partial charge in [0.2, 0.25) is 0 Å². The first-order chi connectivity index (χ1) is 12.0. The molecule has 144 valence electrons. The van der Waals surface area contributed by atoms with E-state index in [-0.39, 0.29) is 17.1 Å². The van der Waals surface area contributed by atoms with Crippen LogP contribution >= 0.6 is 0 Å². The molecule has 1 aliphatic heterocycles. The van der Waals surface area contributed by atoms with Gasteiger partial charge in [-0.3, -0.25) is 14.4 Å². The number of carbonyl (C=O) groups excluding carboxylic acids is 3. The molecule has 1 aromatic rings. The Kier molecular flexibility index (Phi) is 5.78. The van der Waals surface area contributed by atoms with Crippen LogP contribution in [0.4, 0.5) is 0 Å². The van der Waals surface area contributed by atoms with Crippen molar-refractivity contribution in [2.24, 2.45) is 5.41 Å². The van der Waals surface area contributed by atoms with E-state index in [0.29, 0.717) is 26.2 Å². The molecule has 0 spiro atoms. The largest absolute Gasteiger partial charge is 0.459 e. The van der Waals surface area contributed by atoms with Gasteiger partial charge >= 0.3 is 11.8 Å². The van der Waals surface area contributed by atoms with Gasteiger partial charge in [-0.25, -0.2) is 0 Å². The molecule has 0 atom stereocenters. The predicted octanol–water partition coefficient (Wildman–Crippen LogP) is 1.90. The number of hydrogen-bond donors (Lipinski definition) is 1. The van der Waals surface area contributed by atoms with Gasteiger partial charge in [-0.05, 0) is 37.8 Å². The minimum absolute atomic E-state index is 0.0394. The van der Waals surface area contributed by atoms with Crippen molar-refractivity contribution in [2.45, 2.75) is 46.6 Å². The Morgan fingerprint density at radius 2 is 1.62 bits per heavy atom. The first-order valence-corrected chi connectivity index (χ1v) is 8.93. The van der Waals surface area contributed by atoms with Gasteiger partial charge in [-0.15, -0.1) is 0 Å². The molecule has 2 heterocycles. The average Bonchev–Trinajstić information content (AvgIpc) is 3.05. The van der Waals surface area contributed by atoms with Crippen LogP contribution in [0.2, 0.25) is 0 Å². The van der Waals surface area contributed by atoms with Gasteiger partial charge in [-0.2, -0.15) is 0 Å². The maximum absolute atomic E-state index is 12.4. The van der Waals surface area contributed by atoms with Gasteiger partial charge in [0.15, 0.2) is 5.76 Å². The van der Waals surface area contributed by atoms with Crippen molar-refractivity contribution >= 4 is 17.7 Å². The van der Waals surface area contributed by atoms with Gasteiger partial charge in [0.25, 0.3) is 5.91 Å². The highest BCUT2D eigenvalue weighted by Gasteiger charge is 2.33. The van der Waals surface area contributed by atoms with Crippen molar-refractivity contribution in [3.05, 3.63) is 24.2 Å². The summed E-state index contributed by atoms with van der Waals surface area (Å²) in [5, 5.41) is 2.84. The van der Waals surface area contributed by atoms with E-state index in [9.17, 15) is 14.4 Å². The molecule has 1 aliphatic rings. The van der Waals surface area contributed by atoms with Crippen molar-refractivity contribution in [3.8, 4) is 0 Å². The Hall–Kier alpha value is -2.31. The molecule has 0 saturated carbocycles. The lowest BCUT2D eigenvalue weighted by Crippen LogP contribution is -2.56.